The predicted octanol–water partition coefficient (Wildman–Crippen LogP) is 2.29. The first-order valence-electron chi connectivity index (χ1n) is 7.34. The van der Waals surface area contributed by atoms with Crippen molar-refractivity contribution in [3.05, 3.63) is 48.0 Å². The van der Waals surface area contributed by atoms with Crippen LogP contribution < -0.4 is 20.5 Å². The summed E-state index contributed by atoms with van der Waals surface area (Å²) in [5.41, 5.74) is 6.12. The second kappa shape index (κ2) is 7.27. The zero-order valence-corrected chi connectivity index (χ0v) is 13.6. The SMILES string of the molecule is NC(=O)c1cccc(NC(=O)CSc2ccc3c(c2)OCCO3)c1. The van der Waals surface area contributed by atoms with E-state index in [9.17, 15) is 9.59 Å². The molecule has 0 aromatic heterocycles. The van der Waals surface area contributed by atoms with E-state index in [0.29, 0.717) is 30.2 Å². The Morgan fingerprint density at radius 2 is 1.88 bits per heavy atom. The molecule has 0 unspecified atom stereocenters. The molecule has 7 heteroatoms. The highest BCUT2D eigenvalue weighted by atomic mass is 32.2. The molecule has 6 nitrogen and oxygen atoms in total. The van der Waals surface area contributed by atoms with E-state index in [2.05, 4.69) is 5.32 Å². The van der Waals surface area contributed by atoms with Crippen LogP contribution in [-0.4, -0.2) is 30.8 Å². The fraction of sp³-hybridized carbons (Fsp3) is 0.176. The van der Waals surface area contributed by atoms with Crippen LogP contribution in [-0.2, 0) is 4.79 Å². The minimum Gasteiger partial charge on any atom is -0.486 e. The highest BCUT2D eigenvalue weighted by molar-refractivity contribution is 8.00. The molecule has 2 amide bonds. The Balaban J connectivity index is 1.57. The standard InChI is InChI=1S/C17H16N2O4S/c18-17(21)11-2-1-3-12(8-11)19-16(20)10-24-13-4-5-14-15(9-13)23-7-6-22-14/h1-5,8-9H,6-7,10H2,(H2,18,21)(H,19,20). The van der Waals surface area contributed by atoms with Crippen molar-refractivity contribution in [2.24, 2.45) is 5.73 Å². The van der Waals surface area contributed by atoms with Crippen molar-refractivity contribution in [1.29, 1.82) is 0 Å². The molecule has 124 valence electrons. The number of benzene rings is 2. The van der Waals surface area contributed by atoms with Crippen LogP contribution in [0.5, 0.6) is 11.5 Å². The number of hydrogen-bond acceptors (Lipinski definition) is 5. The second-order valence-electron chi connectivity index (χ2n) is 5.09. The molecule has 0 aliphatic carbocycles. The number of nitrogens with one attached hydrogen (secondary N) is 1. The molecule has 24 heavy (non-hydrogen) atoms. The van der Waals surface area contributed by atoms with Crippen LogP contribution in [0.3, 0.4) is 0 Å². The molecule has 0 saturated heterocycles. The largest absolute Gasteiger partial charge is 0.486 e. The predicted molar refractivity (Wildman–Crippen MR) is 91.7 cm³/mol. The van der Waals surface area contributed by atoms with E-state index in [-0.39, 0.29) is 11.7 Å². The number of carbonyl (C=O) groups is 2. The van der Waals surface area contributed by atoms with Gasteiger partial charge in [0.15, 0.2) is 11.5 Å². The first-order chi connectivity index (χ1) is 11.6. The summed E-state index contributed by atoms with van der Waals surface area (Å²) in [4.78, 5) is 24.1. The Hall–Kier alpha value is -2.67. The Labute approximate surface area is 143 Å². The van der Waals surface area contributed by atoms with Gasteiger partial charge in [0.05, 0.1) is 5.75 Å². The zero-order valence-electron chi connectivity index (χ0n) is 12.8. The van der Waals surface area contributed by atoms with Gasteiger partial charge in [-0.05, 0) is 36.4 Å². The van der Waals surface area contributed by atoms with E-state index in [0.717, 1.165) is 10.6 Å². The van der Waals surface area contributed by atoms with Gasteiger partial charge in [0.2, 0.25) is 11.8 Å². The third kappa shape index (κ3) is 3.99. The van der Waals surface area contributed by atoms with Crippen molar-refractivity contribution >= 4 is 29.3 Å². The molecule has 3 rings (SSSR count). The number of ether oxygens (including phenoxy) is 2. The van der Waals surface area contributed by atoms with Gasteiger partial charge in [-0.15, -0.1) is 11.8 Å². The summed E-state index contributed by atoms with van der Waals surface area (Å²) >= 11 is 1.39. The van der Waals surface area contributed by atoms with Crippen LogP contribution in [0.25, 0.3) is 0 Å². The summed E-state index contributed by atoms with van der Waals surface area (Å²) in [5.74, 6) is 0.952. The highest BCUT2D eigenvalue weighted by Gasteiger charge is 2.13. The first-order valence-corrected chi connectivity index (χ1v) is 8.32. The van der Waals surface area contributed by atoms with Gasteiger partial charge in [-0.1, -0.05) is 6.07 Å². The van der Waals surface area contributed by atoms with E-state index in [1.54, 1.807) is 24.3 Å². The number of amides is 2. The minimum absolute atomic E-state index is 0.170. The Morgan fingerprint density at radius 1 is 1.08 bits per heavy atom. The van der Waals surface area contributed by atoms with Crippen molar-refractivity contribution in [3.63, 3.8) is 0 Å². The van der Waals surface area contributed by atoms with Gasteiger partial charge in [-0.3, -0.25) is 9.59 Å². The molecule has 0 saturated carbocycles. The Morgan fingerprint density at radius 3 is 2.67 bits per heavy atom. The van der Waals surface area contributed by atoms with Crippen molar-refractivity contribution in [1.82, 2.24) is 0 Å². The molecule has 2 aromatic carbocycles. The Kier molecular flexibility index (Phi) is 4.90. The van der Waals surface area contributed by atoms with Crippen LogP contribution in [0.15, 0.2) is 47.4 Å². The zero-order chi connectivity index (χ0) is 16.9. The number of anilines is 1. The highest BCUT2D eigenvalue weighted by Crippen LogP contribution is 2.34. The summed E-state index contributed by atoms with van der Waals surface area (Å²) < 4.78 is 11.0. The van der Waals surface area contributed by atoms with Crippen LogP contribution >= 0.6 is 11.8 Å². The molecular formula is C17H16N2O4S. The van der Waals surface area contributed by atoms with Crippen molar-refractivity contribution in [2.75, 3.05) is 24.3 Å². The topological polar surface area (TPSA) is 90.7 Å². The molecule has 0 spiro atoms. The van der Waals surface area contributed by atoms with Crippen LogP contribution in [0.1, 0.15) is 10.4 Å². The third-order valence-electron chi connectivity index (χ3n) is 3.31. The third-order valence-corrected chi connectivity index (χ3v) is 4.31. The summed E-state index contributed by atoms with van der Waals surface area (Å²) in [6, 6.07) is 12.1. The van der Waals surface area contributed by atoms with Crippen molar-refractivity contribution in [3.8, 4) is 11.5 Å². The van der Waals surface area contributed by atoms with E-state index >= 15 is 0 Å². The average Bonchev–Trinajstić information content (AvgIpc) is 2.60. The van der Waals surface area contributed by atoms with Crippen molar-refractivity contribution < 1.29 is 19.1 Å². The van der Waals surface area contributed by atoms with Gasteiger partial charge in [0.25, 0.3) is 0 Å². The van der Waals surface area contributed by atoms with Crippen LogP contribution in [0.2, 0.25) is 0 Å². The summed E-state index contributed by atoms with van der Waals surface area (Å²) in [5, 5.41) is 2.75. The molecule has 2 aromatic rings. The normalized spacial score (nSPS) is 12.5. The number of thioether (sulfide) groups is 1. The molecule has 1 heterocycles. The van der Waals surface area contributed by atoms with E-state index in [1.165, 1.54) is 11.8 Å². The number of nitrogens with two attached hydrogens (primary N) is 1. The molecule has 0 radical (unpaired) electrons. The lowest BCUT2D eigenvalue weighted by Crippen LogP contribution is -2.16. The van der Waals surface area contributed by atoms with Gasteiger partial charge in [-0.2, -0.15) is 0 Å². The van der Waals surface area contributed by atoms with Gasteiger partial charge in [-0.25, -0.2) is 0 Å². The van der Waals surface area contributed by atoms with Crippen LogP contribution in [0.4, 0.5) is 5.69 Å². The van der Waals surface area contributed by atoms with Crippen molar-refractivity contribution in [2.45, 2.75) is 4.90 Å². The fourth-order valence-electron chi connectivity index (χ4n) is 2.21. The lowest BCUT2D eigenvalue weighted by Gasteiger charge is -2.18. The fourth-order valence-corrected chi connectivity index (χ4v) is 2.93. The number of hydrogen-bond donors (Lipinski definition) is 2. The summed E-state index contributed by atoms with van der Waals surface area (Å²) in [6.07, 6.45) is 0. The molecule has 1 aliphatic heterocycles. The molecule has 0 atom stereocenters. The maximum Gasteiger partial charge on any atom is 0.248 e. The Bertz CT molecular complexity index is 779. The molecular weight excluding hydrogens is 328 g/mol. The van der Waals surface area contributed by atoms with Gasteiger partial charge < -0.3 is 20.5 Å². The molecule has 1 aliphatic rings. The van der Waals surface area contributed by atoms with Gasteiger partial charge in [0.1, 0.15) is 13.2 Å². The number of primary amides is 1. The van der Waals surface area contributed by atoms with E-state index in [1.807, 2.05) is 18.2 Å². The second-order valence-corrected chi connectivity index (χ2v) is 6.14. The minimum atomic E-state index is -0.531. The smallest absolute Gasteiger partial charge is 0.248 e. The number of rotatable bonds is 5. The average molecular weight is 344 g/mol. The number of fused-ring (bicyclic) bond motifs is 1. The molecule has 3 N–H and O–H groups in total. The molecule has 0 fully saturated rings. The maximum atomic E-state index is 12.1. The summed E-state index contributed by atoms with van der Waals surface area (Å²) in [6.45, 7) is 1.07. The van der Waals surface area contributed by atoms with Gasteiger partial charge in [0, 0.05) is 16.1 Å². The maximum absolute atomic E-state index is 12.1. The lowest BCUT2D eigenvalue weighted by molar-refractivity contribution is -0.113. The molecule has 0 bridgehead atoms. The van der Waals surface area contributed by atoms with E-state index in [4.69, 9.17) is 15.2 Å². The van der Waals surface area contributed by atoms with E-state index < -0.39 is 5.91 Å². The first kappa shape index (κ1) is 16.2. The quantitative estimate of drug-likeness (QED) is 0.812. The van der Waals surface area contributed by atoms with Gasteiger partial charge >= 0.3 is 0 Å². The monoisotopic (exact) mass is 344 g/mol. The number of carbonyl (C=O) groups excluding carboxylic acids is 2. The summed E-state index contributed by atoms with van der Waals surface area (Å²) in [7, 11) is 0. The van der Waals surface area contributed by atoms with Crippen LogP contribution in [0, 0.1) is 0 Å². The lowest BCUT2D eigenvalue weighted by atomic mass is 10.2.